The van der Waals surface area contributed by atoms with Crippen molar-refractivity contribution < 1.29 is 4.42 Å². The SMILES string of the molecule is CC1(C)CCC(C)(C)c2cc(N3c4cc5c(cc4B4c6cc7c(cc6N(c6ccc8c(c6)oc6ccccc68)c6cc(N8c9ccc(-c%10ccccc%10)cc9C9(C)CCCCC89C)cc3c64)C(C)(C)c3ccccc3C7(C)C)C(C)(C)CCC5(C)C)ccc21. The van der Waals surface area contributed by atoms with E-state index in [4.69, 9.17) is 4.42 Å². The van der Waals surface area contributed by atoms with E-state index < -0.39 is 0 Å². The Balaban J connectivity index is 1.03. The zero-order valence-electron chi connectivity index (χ0n) is 55.1. The van der Waals surface area contributed by atoms with Crippen LogP contribution in [-0.2, 0) is 37.9 Å². The third kappa shape index (κ3) is 7.42. The smallest absolute Gasteiger partial charge is 0.252 e. The first-order valence-electron chi connectivity index (χ1n) is 33.7. The Bertz CT molecular complexity index is 4700. The van der Waals surface area contributed by atoms with Gasteiger partial charge in [0, 0.05) is 78.6 Å². The highest BCUT2D eigenvalue weighted by Gasteiger charge is 2.59. The summed E-state index contributed by atoms with van der Waals surface area (Å²) in [5.41, 5.74) is 30.8. The normalized spacial score (nSPS) is 22.9. The Labute approximate surface area is 529 Å². The minimum atomic E-state index is -0.277. The average Bonchev–Trinajstić information content (AvgIpc) is 1.61. The molecule has 5 heteroatoms. The molecule has 1 saturated carbocycles. The van der Waals surface area contributed by atoms with Crippen LogP contribution in [0.3, 0.4) is 0 Å². The summed E-state index contributed by atoms with van der Waals surface area (Å²) in [6.07, 6.45) is 9.26. The Morgan fingerprint density at radius 3 is 1.52 bits per heavy atom. The fourth-order valence-corrected chi connectivity index (χ4v) is 19.2. The van der Waals surface area contributed by atoms with Gasteiger partial charge in [-0.05, 0) is 211 Å². The number of nitrogens with zero attached hydrogens (tertiary/aromatic N) is 3. The van der Waals surface area contributed by atoms with E-state index in [1.807, 2.05) is 0 Å². The fourth-order valence-electron chi connectivity index (χ4n) is 19.2. The fraction of sp³-hybridized carbons (Fsp3) is 0.357. The lowest BCUT2D eigenvalue weighted by Gasteiger charge is -2.52. The molecule has 3 aliphatic heterocycles. The second-order valence-electron chi connectivity index (χ2n) is 32.5. The molecule has 0 saturated heterocycles. The van der Waals surface area contributed by atoms with E-state index in [1.165, 1.54) is 137 Å². The molecular weight excluding hydrogens is 1080 g/mol. The van der Waals surface area contributed by atoms with Gasteiger partial charge in [-0.15, -0.1) is 0 Å². The van der Waals surface area contributed by atoms with Gasteiger partial charge < -0.3 is 19.1 Å². The molecule has 17 rings (SSSR count). The van der Waals surface area contributed by atoms with Crippen LogP contribution in [0, 0.1) is 0 Å². The summed E-state index contributed by atoms with van der Waals surface area (Å²) in [5, 5.41) is 2.29. The van der Waals surface area contributed by atoms with Crippen molar-refractivity contribution in [2.24, 2.45) is 0 Å². The number of fused-ring (bicyclic) bond motifs is 14. The lowest BCUT2D eigenvalue weighted by atomic mass is 9.32. The highest BCUT2D eigenvalue weighted by molar-refractivity contribution is 7.00. The van der Waals surface area contributed by atoms with Crippen LogP contribution < -0.4 is 31.1 Å². The second-order valence-corrected chi connectivity index (χ2v) is 32.5. The van der Waals surface area contributed by atoms with E-state index in [0.29, 0.717) is 0 Å². The molecule has 10 aromatic rings. The van der Waals surface area contributed by atoms with E-state index in [-0.39, 0.29) is 50.2 Å². The molecule has 89 heavy (non-hydrogen) atoms. The summed E-state index contributed by atoms with van der Waals surface area (Å²) in [7, 11) is 0. The maximum absolute atomic E-state index is 6.94. The first-order chi connectivity index (χ1) is 42.3. The van der Waals surface area contributed by atoms with Crippen molar-refractivity contribution in [1.29, 1.82) is 0 Å². The Morgan fingerprint density at radius 2 is 0.854 bits per heavy atom. The molecule has 2 unspecified atom stereocenters. The molecule has 4 aliphatic carbocycles. The van der Waals surface area contributed by atoms with Crippen molar-refractivity contribution in [3.05, 3.63) is 220 Å². The first-order valence-corrected chi connectivity index (χ1v) is 33.7. The molecule has 0 bridgehead atoms. The molecule has 0 radical (unpaired) electrons. The van der Waals surface area contributed by atoms with Crippen LogP contribution in [0.25, 0.3) is 33.1 Å². The third-order valence-electron chi connectivity index (χ3n) is 25.0. The number of para-hydroxylation sites is 1. The Kier molecular flexibility index (Phi) is 11.2. The van der Waals surface area contributed by atoms with Gasteiger partial charge in [0.1, 0.15) is 11.2 Å². The lowest BCUT2D eigenvalue weighted by Crippen LogP contribution is -2.62. The Morgan fingerprint density at radius 1 is 0.337 bits per heavy atom. The highest BCUT2D eigenvalue weighted by atomic mass is 16.3. The van der Waals surface area contributed by atoms with Crippen molar-refractivity contribution in [1.82, 2.24) is 0 Å². The molecule has 0 spiro atoms. The zero-order valence-corrected chi connectivity index (χ0v) is 55.1. The van der Waals surface area contributed by atoms with E-state index in [2.05, 4.69) is 281 Å². The Hall–Kier alpha value is -7.76. The molecule has 7 aliphatic rings. The van der Waals surface area contributed by atoms with Crippen LogP contribution in [-0.4, -0.2) is 12.3 Å². The number of benzene rings is 9. The van der Waals surface area contributed by atoms with Gasteiger partial charge >= 0.3 is 0 Å². The number of hydrogen-bond acceptors (Lipinski definition) is 4. The predicted octanol–water partition coefficient (Wildman–Crippen LogP) is 20.7. The summed E-state index contributed by atoms with van der Waals surface area (Å²) >= 11 is 0. The molecule has 2 atom stereocenters. The summed E-state index contributed by atoms with van der Waals surface area (Å²) < 4.78 is 6.94. The minimum absolute atomic E-state index is 0.00633. The monoisotopic (exact) mass is 1160 g/mol. The molecule has 4 heterocycles. The zero-order chi connectivity index (χ0) is 61.5. The van der Waals surface area contributed by atoms with Gasteiger partial charge in [0.2, 0.25) is 0 Å². The number of rotatable bonds is 4. The maximum atomic E-state index is 6.94. The molecular formula is C84H86BN3O. The predicted molar refractivity (Wildman–Crippen MR) is 377 cm³/mol. The van der Waals surface area contributed by atoms with Crippen molar-refractivity contribution >= 4 is 90.5 Å². The van der Waals surface area contributed by atoms with Crippen LogP contribution in [0.2, 0.25) is 0 Å². The summed E-state index contributed by atoms with van der Waals surface area (Å²) in [6, 6.07) is 67.4. The van der Waals surface area contributed by atoms with Gasteiger partial charge in [0.15, 0.2) is 0 Å². The third-order valence-corrected chi connectivity index (χ3v) is 25.0. The van der Waals surface area contributed by atoms with Crippen LogP contribution in [0.4, 0.5) is 45.5 Å². The van der Waals surface area contributed by atoms with Crippen LogP contribution >= 0.6 is 0 Å². The number of anilines is 8. The van der Waals surface area contributed by atoms with Gasteiger partial charge in [0.25, 0.3) is 6.71 Å². The molecule has 4 nitrogen and oxygen atoms in total. The molecule has 0 amide bonds. The quantitative estimate of drug-likeness (QED) is 0.164. The van der Waals surface area contributed by atoms with E-state index >= 15 is 0 Å². The molecule has 9 aromatic carbocycles. The van der Waals surface area contributed by atoms with E-state index in [9.17, 15) is 0 Å². The maximum Gasteiger partial charge on any atom is 0.252 e. The van der Waals surface area contributed by atoms with Crippen molar-refractivity contribution in [3.8, 4) is 11.1 Å². The van der Waals surface area contributed by atoms with Gasteiger partial charge in [-0.3, -0.25) is 0 Å². The average molecular weight is 1160 g/mol. The molecule has 1 fully saturated rings. The lowest BCUT2D eigenvalue weighted by molar-refractivity contribution is 0.195. The molecule has 1 aromatic heterocycles. The van der Waals surface area contributed by atoms with Crippen molar-refractivity contribution in [2.45, 2.75) is 192 Å². The summed E-state index contributed by atoms with van der Waals surface area (Å²) in [6.45, 7) is 35.1. The van der Waals surface area contributed by atoms with Crippen LogP contribution in [0.5, 0.6) is 0 Å². The van der Waals surface area contributed by atoms with Crippen molar-refractivity contribution in [3.63, 3.8) is 0 Å². The molecule has 446 valence electrons. The first kappa shape index (κ1) is 55.3. The second kappa shape index (κ2) is 18.0. The summed E-state index contributed by atoms with van der Waals surface area (Å²) in [5.74, 6) is 0. The largest absolute Gasteiger partial charge is 0.456 e. The van der Waals surface area contributed by atoms with E-state index in [1.54, 1.807) is 0 Å². The summed E-state index contributed by atoms with van der Waals surface area (Å²) in [4.78, 5) is 8.35. The molecule has 0 N–H and O–H groups in total. The van der Waals surface area contributed by atoms with Gasteiger partial charge in [-0.25, -0.2) is 0 Å². The van der Waals surface area contributed by atoms with Crippen LogP contribution in [0.1, 0.15) is 198 Å². The number of furan rings is 1. The van der Waals surface area contributed by atoms with Crippen molar-refractivity contribution in [2.75, 3.05) is 14.7 Å². The van der Waals surface area contributed by atoms with E-state index in [0.717, 1.165) is 59.7 Å². The van der Waals surface area contributed by atoms with Crippen LogP contribution in [0.15, 0.2) is 174 Å². The minimum Gasteiger partial charge on any atom is -0.456 e. The van der Waals surface area contributed by atoms with Gasteiger partial charge in [-0.2, -0.15) is 0 Å². The number of hydrogen-bond donors (Lipinski definition) is 0. The van der Waals surface area contributed by atoms with Gasteiger partial charge in [-0.1, -0.05) is 200 Å². The van der Waals surface area contributed by atoms with Gasteiger partial charge in [0.05, 0.1) is 5.54 Å². The highest BCUT2D eigenvalue weighted by Crippen LogP contribution is 2.63. The topological polar surface area (TPSA) is 22.9 Å². The standard InChI is InChI=1S/C84H86BN3O/c1-77(2)38-39-78(3,4)61-43-53(32-34-58(61)77)86-70-49-63-62(79(5,6)40-41-80(63,7)8)47-67(70)85-68-48-64-65(82(11,12)60-28-20-19-27-59(60)81(64,9)10)50-71(68)87(54-31-33-57-56-26-18-21-29-74(56)89-75(57)46-54)73-45-55(44-72(86)76(73)85)88-69-35-30-52(51-24-16-15-17-25-51)42-66(69)83(13)36-22-23-37-84(83,88)14/h15-21,24-35,42-50H,22-23,36-41H2,1-14H3.